The molecule has 0 rings (SSSR count). The molecule has 0 aromatic carbocycles. The molecule has 0 saturated heterocycles. The Morgan fingerprint density at radius 3 is 2.19 bits per heavy atom. The summed E-state index contributed by atoms with van der Waals surface area (Å²) in [6.07, 6.45) is 7.12. The van der Waals surface area contributed by atoms with Gasteiger partial charge in [0.05, 0.1) is 0 Å². The molecular weight excluding hydrogens is 194 g/mol. The van der Waals surface area contributed by atoms with Crippen molar-refractivity contribution in [3.05, 3.63) is 22.9 Å². The summed E-state index contributed by atoms with van der Waals surface area (Å²) in [5.74, 6) is 0. The Bertz CT molecular complexity index is 293. The van der Waals surface area contributed by atoms with Crippen molar-refractivity contribution in [1.29, 1.82) is 0 Å². The van der Waals surface area contributed by atoms with Gasteiger partial charge in [-0.25, -0.2) is 0 Å². The molecule has 0 atom stereocenters. The van der Waals surface area contributed by atoms with E-state index < -0.39 is 0 Å². The third kappa shape index (κ3) is 5.89. The summed E-state index contributed by atoms with van der Waals surface area (Å²) >= 11 is 0. The highest BCUT2D eigenvalue weighted by molar-refractivity contribution is 5.82. The van der Waals surface area contributed by atoms with Crippen LogP contribution in [-0.4, -0.2) is 5.71 Å². The largest absolute Gasteiger partial charge is 0.263 e. The zero-order valence-electron chi connectivity index (χ0n) is 11.9. The normalized spacial score (nSPS) is 15.1. The minimum absolute atomic E-state index is 1.13. The first-order valence-electron chi connectivity index (χ1n) is 6.37. The smallest absolute Gasteiger partial charge is 0.0403 e. The number of unbranched alkanes of at least 4 members (excludes halogenated alkanes) is 2. The van der Waals surface area contributed by atoms with Crippen LogP contribution in [0.4, 0.5) is 0 Å². The van der Waals surface area contributed by atoms with E-state index in [2.05, 4.69) is 52.6 Å². The molecule has 0 aliphatic carbocycles. The van der Waals surface area contributed by atoms with E-state index >= 15 is 0 Å². The van der Waals surface area contributed by atoms with E-state index in [0.717, 1.165) is 12.1 Å². The van der Waals surface area contributed by atoms with Crippen LogP contribution in [0, 0.1) is 0 Å². The second kappa shape index (κ2) is 8.32. The first kappa shape index (κ1) is 15.2. The maximum Gasteiger partial charge on any atom is 0.0403 e. The van der Waals surface area contributed by atoms with Crippen LogP contribution in [0.15, 0.2) is 27.9 Å². The number of aliphatic imine (C=N–C) groups is 1. The van der Waals surface area contributed by atoms with Crippen molar-refractivity contribution in [3.63, 3.8) is 0 Å². The van der Waals surface area contributed by atoms with Crippen LogP contribution in [-0.2, 0) is 0 Å². The van der Waals surface area contributed by atoms with Crippen molar-refractivity contribution >= 4 is 5.71 Å². The predicted octanol–water partition coefficient (Wildman–Crippen LogP) is 5.29. The molecule has 0 aromatic heterocycles. The number of hydrogen-bond acceptors (Lipinski definition) is 1. The lowest BCUT2D eigenvalue weighted by Gasteiger charge is -2.06. The van der Waals surface area contributed by atoms with Gasteiger partial charge in [0.1, 0.15) is 0 Å². The van der Waals surface area contributed by atoms with Crippen molar-refractivity contribution in [2.24, 2.45) is 4.99 Å². The monoisotopic (exact) mass is 221 g/mol. The zero-order valence-corrected chi connectivity index (χ0v) is 11.9. The van der Waals surface area contributed by atoms with Gasteiger partial charge in [-0.3, -0.25) is 4.99 Å². The van der Waals surface area contributed by atoms with E-state index in [1.807, 2.05) is 0 Å². The van der Waals surface area contributed by atoms with Crippen molar-refractivity contribution in [3.8, 4) is 0 Å². The van der Waals surface area contributed by atoms with Crippen molar-refractivity contribution in [2.45, 2.75) is 67.2 Å². The fourth-order valence-electron chi connectivity index (χ4n) is 1.56. The van der Waals surface area contributed by atoms with Crippen LogP contribution in [0.2, 0.25) is 0 Å². The third-order valence-electron chi connectivity index (χ3n) is 3.07. The van der Waals surface area contributed by atoms with Gasteiger partial charge in [-0.1, -0.05) is 31.4 Å². The average Bonchev–Trinajstić information content (AvgIpc) is 2.27. The molecule has 1 nitrogen and oxygen atoms in total. The second-order valence-corrected chi connectivity index (χ2v) is 4.49. The molecule has 0 heterocycles. The Hall–Kier alpha value is -0.850. The van der Waals surface area contributed by atoms with Gasteiger partial charge >= 0.3 is 0 Å². The summed E-state index contributed by atoms with van der Waals surface area (Å²) in [5.41, 5.74) is 5.04. The number of rotatable bonds is 6. The first-order chi connectivity index (χ1) is 7.52. The summed E-state index contributed by atoms with van der Waals surface area (Å²) in [4.78, 5) is 4.67. The van der Waals surface area contributed by atoms with E-state index in [1.165, 1.54) is 36.1 Å². The van der Waals surface area contributed by atoms with Crippen LogP contribution in [0.3, 0.4) is 0 Å². The van der Waals surface area contributed by atoms with E-state index in [9.17, 15) is 0 Å². The van der Waals surface area contributed by atoms with E-state index in [0.29, 0.717) is 0 Å². The quantitative estimate of drug-likeness (QED) is 0.328. The molecule has 0 fully saturated rings. The summed E-state index contributed by atoms with van der Waals surface area (Å²) < 4.78 is 0. The highest BCUT2D eigenvalue weighted by atomic mass is 14.7. The van der Waals surface area contributed by atoms with Crippen LogP contribution in [0.5, 0.6) is 0 Å². The van der Waals surface area contributed by atoms with Gasteiger partial charge in [0.2, 0.25) is 0 Å². The Morgan fingerprint density at radius 2 is 1.69 bits per heavy atom. The molecule has 0 aromatic rings. The highest BCUT2D eigenvalue weighted by Gasteiger charge is 1.98. The number of nitrogens with zero attached hydrogens (tertiary/aromatic N) is 1. The summed E-state index contributed by atoms with van der Waals surface area (Å²) in [6.45, 7) is 12.8. The summed E-state index contributed by atoms with van der Waals surface area (Å²) in [7, 11) is 0. The molecule has 0 spiro atoms. The molecule has 0 unspecified atom stereocenters. The Labute approximate surface area is 101 Å². The van der Waals surface area contributed by atoms with Gasteiger partial charge in [-0.15, -0.1) is 0 Å². The third-order valence-corrected chi connectivity index (χ3v) is 3.07. The van der Waals surface area contributed by atoms with Gasteiger partial charge in [-0.05, 0) is 53.0 Å². The van der Waals surface area contributed by atoms with Crippen molar-refractivity contribution in [2.75, 3.05) is 0 Å². The molecule has 0 bridgehead atoms. The maximum atomic E-state index is 4.67. The van der Waals surface area contributed by atoms with Gasteiger partial charge in [0.15, 0.2) is 0 Å². The molecule has 0 aliphatic heterocycles. The molecule has 16 heavy (non-hydrogen) atoms. The van der Waals surface area contributed by atoms with Crippen LogP contribution in [0.25, 0.3) is 0 Å². The minimum atomic E-state index is 1.13. The fourth-order valence-corrected chi connectivity index (χ4v) is 1.56. The fraction of sp³-hybridized carbons (Fsp3) is 0.667. The second-order valence-electron chi connectivity index (χ2n) is 4.49. The summed E-state index contributed by atoms with van der Waals surface area (Å²) in [5, 5.41) is 0. The molecular formula is C15H27N. The minimum Gasteiger partial charge on any atom is -0.263 e. The lowest BCUT2D eigenvalue weighted by Crippen LogP contribution is -1.93. The Morgan fingerprint density at radius 1 is 1.06 bits per heavy atom. The molecule has 1 heteroatoms. The predicted molar refractivity (Wildman–Crippen MR) is 75.1 cm³/mol. The number of allylic oxidation sites excluding steroid dienone is 4. The van der Waals surface area contributed by atoms with Gasteiger partial charge < -0.3 is 0 Å². The van der Waals surface area contributed by atoms with E-state index in [-0.39, 0.29) is 0 Å². The lowest BCUT2D eigenvalue weighted by atomic mass is 10.1. The van der Waals surface area contributed by atoms with Gasteiger partial charge in [-0.2, -0.15) is 0 Å². The van der Waals surface area contributed by atoms with Gasteiger partial charge in [0, 0.05) is 11.4 Å². The zero-order chi connectivity index (χ0) is 12.6. The average molecular weight is 221 g/mol. The maximum absolute atomic E-state index is 4.67. The van der Waals surface area contributed by atoms with Crippen molar-refractivity contribution in [1.82, 2.24) is 0 Å². The standard InChI is InChI=1S/C15H27N/c1-7-9-10-11-13(4)16-15(6)14(5)12(3)8-2/h8H,7,9-11H2,1-6H3/b12-8+,15-14-,16-13+. The lowest BCUT2D eigenvalue weighted by molar-refractivity contribution is 0.740. The van der Waals surface area contributed by atoms with Crippen LogP contribution < -0.4 is 0 Å². The van der Waals surface area contributed by atoms with Crippen LogP contribution in [0.1, 0.15) is 67.2 Å². The molecule has 0 saturated carbocycles. The molecule has 0 radical (unpaired) electrons. The summed E-state index contributed by atoms with van der Waals surface area (Å²) in [6, 6.07) is 0. The van der Waals surface area contributed by atoms with Gasteiger partial charge in [0.25, 0.3) is 0 Å². The Balaban J connectivity index is 4.50. The molecule has 0 N–H and O–H groups in total. The topological polar surface area (TPSA) is 12.4 Å². The molecule has 92 valence electrons. The molecule has 0 aliphatic rings. The Kier molecular flexibility index (Phi) is 7.88. The van der Waals surface area contributed by atoms with E-state index in [4.69, 9.17) is 0 Å². The van der Waals surface area contributed by atoms with E-state index in [1.54, 1.807) is 0 Å². The first-order valence-corrected chi connectivity index (χ1v) is 6.37. The number of hydrogen-bond donors (Lipinski definition) is 0. The van der Waals surface area contributed by atoms with Crippen LogP contribution >= 0.6 is 0 Å². The van der Waals surface area contributed by atoms with Crippen molar-refractivity contribution < 1.29 is 0 Å². The SMILES string of the molecule is C/C=C(C)/C(C)=C(C)\N=C(/C)CCCCC. The molecule has 0 amide bonds. The highest BCUT2D eigenvalue weighted by Crippen LogP contribution is 2.15.